The first-order valence-electron chi connectivity index (χ1n) is 7.06. The first kappa shape index (κ1) is 19.4. The van der Waals surface area contributed by atoms with E-state index in [-0.39, 0.29) is 17.9 Å². The fourth-order valence-corrected chi connectivity index (χ4v) is 2.34. The van der Waals surface area contributed by atoms with Gasteiger partial charge in [-0.1, -0.05) is 24.3 Å². The number of esters is 1. The summed E-state index contributed by atoms with van der Waals surface area (Å²) in [7, 11) is 0.785. The Bertz CT molecular complexity index is 508. The fraction of sp³-hybridized carbons (Fsp3) is 0.533. The molecule has 0 aromatic heterocycles. The van der Waals surface area contributed by atoms with Crippen LogP contribution >= 0.6 is 0 Å². The van der Waals surface area contributed by atoms with Crippen molar-refractivity contribution in [1.29, 1.82) is 0 Å². The van der Waals surface area contributed by atoms with Gasteiger partial charge in [-0.25, -0.2) is 4.89 Å². The Morgan fingerprint density at radius 1 is 1.26 bits per heavy atom. The molecule has 0 unspecified atom stereocenters. The van der Waals surface area contributed by atoms with Gasteiger partial charge in [-0.05, 0) is 30.9 Å². The summed E-state index contributed by atoms with van der Waals surface area (Å²) in [4.78, 5) is 17.7. The maximum Gasteiger partial charge on any atom is 0.549 e. The molecule has 0 aliphatic heterocycles. The number of carbonyl (C=O) groups excluding carboxylic acids is 1. The van der Waals surface area contributed by atoms with E-state index in [1.54, 1.807) is 0 Å². The highest BCUT2D eigenvalue weighted by molar-refractivity contribution is 5.74. The molecule has 0 bridgehead atoms. The minimum absolute atomic E-state index is 0.117. The van der Waals surface area contributed by atoms with Crippen LogP contribution in [0.2, 0.25) is 0 Å². The maximum atomic E-state index is 11.7. The number of benzene rings is 1. The van der Waals surface area contributed by atoms with Crippen LogP contribution in [0.1, 0.15) is 18.1 Å². The predicted molar refractivity (Wildman–Crippen MR) is 76.1 cm³/mol. The predicted octanol–water partition coefficient (Wildman–Crippen LogP) is 2.38. The number of hydrogen-bond donors (Lipinski definition) is 1. The lowest BCUT2D eigenvalue weighted by Crippen LogP contribution is -2.42. The number of rotatable bonds is 3. The molecule has 130 valence electrons. The smallest absolute Gasteiger partial charge is 0.466 e. The molecule has 0 radical (unpaired) electrons. The monoisotopic (exact) mass is 335 g/mol. The third kappa shape index (κ3) is 6.55. The SMILES string of the molecule is CCOC(=O)[C@@H]1Cc2ccccc2C[C@H]1N.COOC(F)(F)F. The normalized spacial score (nSPS) is 20.1. The highest BCUT2D eigenvalue weighted by atomic mass is 19.4. The summed E-state index contributed by atoms with van der Waals surface area (Å²) in [5.41, 5.74) is 8.51. The summed E-state index contributed by atoms with van der Waals surface area (Å²) in [6, 6.07) is 8.03. The number of fused-ring (bicyclic) bond motifs is 1. The van der Waals surface area contributed by atoms with Crippen LogP contribution in [0, 0.1) is 5.92 Å². The molecule has 23 heavy (non-hydrogen) atoms. The van der Waals surface area contributed by atoms with Crippen molar-refractivity contribution in [3.05, 3.63) is 35.4 Å². The maximum absolute atomic E-state index is 11.7. The molecular weight excluding hydrogens is 315 g/mol. The van der Waals surface area contributed by atoms with Gasteiger partial charge in [-0.15, -0.1) is 18.1 Å². The zero-order valence-electron chi connectivity index (χ0n) is 12.9. The molecule has 5 nitrogen and oxygen atoms in total. The summed E-state index contributed by atoms with van der Waals surface area (Å²) < 4.78 is 37.2. The van der Waals surface area contributed by atoms with E-state index in [0.29, 0.717) is 13.0 Å². The minimum atomic E-state index is -4.67. The van der Waals surface area contributed by atoms with Crippen molar-refractivity contribution in [2.75, 3.05) is 13.7 Å². The molecule has 0 heterocycles. The Morgan fingerprint density at radius 3 is 2.26 bits per heavy atom. The van der Waals surface area contributed by atoms with Gasteiger partial charge in [0.15, 0.2) is 0 Å². The summed E-state index contributed by atoms with van der Waals surface area (Å²) >= 11 is 0. The molecule has 2 N–H and O–H groups in total. The minimum Gasteiger partial charge on any atom is -0.466 e. The number of halogens is 3. The molecule has 0 saturated heterocycles. The van der Waals surface area contributed by atoms with E-state index >= 15 is 0 Å². The quantitative estimate of drug-likeness (QED) is 0.522. The molecule has 0 saturated carbocycles. The Hall–Kier alpha value is -1.64. The second kappa shape index (κ2) is 8.85. The first-order valence-corrected chi connectivity index (χ1v) is 7.06. The van der Waals surface area contributed by atoms with Crippen molar-refractivity contribution in [3.63, 3.8) is 0 Å². The van der Waals surface area contributed by atoms with Crippen LogP contribution in [-0.2, 0) is 32.1 Å². The van der Waals surface area contributed by atoms with Crippen LogP contribution in [0.15, 0.2) is 24.3 Å². The zero-order chi connectivity index (χ0) is 17.5. The van der Waals surface area contributed by atoms with Crippen LogP contribution in [0.4, 0.5) is 13.2 Å². The van der Waals surface area contributed by atoms with Crippen molar-refractivity contribution in [2.24, 2.45) is 11.7 Å². The Morgan fingerprint density at radius 2 is 1.83 bits per heavy atom. The lowest BCUT2D eigenvalue weighted by Gasteiger charge is -2.28. The first-order chi connectivity index (χ1) is 10.8. The van der Waals surface area contributed by atoms with E-state index in [1.165, 1.54) is 11.1 Å². The lowest BCUT2D eigenvalue weighted by atomic mass is 9.80. The van der Waals surface area contributed by atoms with Crippen LogP contribution in [0.3, 0.4) is 0 Å². The van der Waals surface area contributed by atoms with Crippen molar-refractivity contribution < 1.29 is 32.5 Å². The van der Waals surface area contributed by atoms with Crippen molar-refractivity contribution in [2.45, 2.75) is 32.2 Å². The van der Waals surface area contributed by atoms with Gasteiger partial charge in [-0.2, -0.15) is 0 Å². The van der Waals surface area contributed by atoms with E-state index in [2.05, 4.69) is 21.9 Å². The van der Waals surface area contributed by atoms with Gasteiger partial charge in [0.25, 0.3) is 0 Å². The zero-order valence-corrected chi connectivity index (χ0v) is 12.9. The molecule has 2 atom stereocenters. The number of carbonyl (C=O) groups is 1. The molecule has 0 spiro atoms. The number of ether oxygens (including phenoxy) is 1. The molecule has 1 aromatic carbocycles. The van der Waals surface area contributed by atoms with Crippen molar-refractivity contribution in [1.82, 2.24) is 0 Å². The van der Waals surface area contributed by atoms with Crippen LogP contribution < -0.4 is 5.73 Å². The van der Waals surface area contributed by atoms with Gasteiger partial charge in [0, 0.05) is 6.04 Å². The Kier molecular flexibility index (Phi) is 7.47. The van der Waals surface area contributed by atoms with Crippen molar-refractivity contribution in [3.8, 4) is 0 Å². The molecule has 1 aliphatic rings. The van der Waals surface area contributed by atoms with E-state index in [0.717, 1.165) is 13.5 Å². The molecule has 1 aromatic rings. The summed E-state index contributed by atoms with van der Waals surface area (Å²) in [6.07, 6.45) is -3.20. The van der Waals surface area contributed by atoms with Gasteiger partial charge in [-0.3, -0.25) is 4.79 Å². The third-order valence-electron chi connectivity index (χ3n) is 3.30. The third-order valence-corrected chi connectivity index (χ3v) is 3.30. The molecule has 0 amide bonds. The van der Waals surface area contributed by atoms with Gasteiger partial charge in [0.2, 0.25) is 0 Å². The molecule has 8 heteroatoms. The van der Waals surface area contributed by atoms with E-state index in [1.807, 2.05) is 19.1 Å². The van der Waals surface area contributed by atoms with E-state index in [9.17, 15) is 18.0 Å². The fourth-order valence-electron chi connectivity index (χ4n) is 2.34. The molecule has 1 aliphatic carbocycles. The van der Waals surface area contributed by atoms with Gasteiger partial charge in [0.05, 0.1) is 19.6 Å². The summed E-state index contributed by atoms with van der Waals surface area (Å²) in [5, 5.41) is 0. The van der Waals surface area contributed by atoms with Crippen LogP contribution in [0.5, 0.6) is 0 Å². The number of hydrogen-bond acceptors (Lipinski definition) is 5. The Labute approximate surface area is 132 Å². The number of nitrogens with two attached hydrogens (primary N) is 1. The molecule has 2 rings (SSSR count). The topological polar surface area (TPSA) is 70.8 Å². The summed E-state index contributed by atoms with van der Waals surface area (Å²) in [5.74, 6) is -0.348. The highest BCUT2D eigenvalue weighted by Gasteiger charge is 2.32. The molecular formula is C15H20F3NO4. The standard InChI is InChI=1S/C13H17NO2.C2H3F3O2/c1-2-16-13(15)11-7-9-5-3-4-6-10(9)8-12(11)14;1-6-7-2(3,4)5/h3-6,11-12H,2,7-8,14H2,1H3;1H3/t11-,12-;/m1./s1. The van der Waals surface area contributed by atoms with Gasteiger partial charge >= 0.3 is 12.3 Å². The average Bonchev–Trinajstić information content (AvgIpc) is 2.46. The second-order valence-corrected chi connectivity index (χ2v) is 4.90. The van der Waals surface area contributed by atoms with Crippen LogP contribution in [0.25, 0.3) is 0 Å². The second-order valence-electron chi connectivity index (χ2n) is 4.90. The summed E-state index contributed by atoms with van der Waals surface area (Å²) in [6.45, 7) is 2.24. The average molecular weight is 335 g/mol. The van der Waals surface area contributed by atoms with E-state index < -0.39 is 6.36 Å². The largest absolute Gasteiger partial charge is 0.549 e. The van der Waals surface area contributed by atoms with Gasteiger partial charge < -0.3 is 10.5 Å². The highest BCUT2D eigenvalue weighted by Crippen LogP contribution is 2.25. The van der Waals surface area contributed by atoms with Crippen LogP contribution in [-0.4, -0.2) is 32.1 Å². The Balaban J connectivity index is 0.000000322. The van der Waals surface area contributed by atoms with Gasteiger partial charge in [0.1, 0.15) is 0 Å². The van der Waals surface area contributed by atoms with E-state index in [4.69, 9.17) is 10.5 Å². The lowest BCUT2D eigenvalue weighted by molar-refractivity contribution is -0.475. The van der Waals surface area contributed by atoms with Crippen molar-refractivity contribution >= 4 is 5.97 Å². The number of alkyl halides is 3. The molecule has 0 fully saturated rings.